The SMILES string of the molecule is CC1CCc2c1nc1c(c2NC(=O)NS(=O)(=O)c2cnn3c2NCCC3)CCC1. The monoisotopic (exact) mass is 416 g/mol. The number of carbonyl (C=O) groups excluding carboxylic acids is 1. The number of anilines is 2. The summed E-state index contributed by atoms with van der Waals surface area (Å²) in [7, 11) is -4.04. The molecule has 0 bridgehead atoms. The van der Waals surface area contributed by atoms with E-state index >= 15 is 0 Å². The van der Waals surface area contributed by atoms with Gasteiger partial charge in [-0.25, -0.2) is 22.6 Å². The van der Waals surface area contributed by atoms with Gasteiger partial charge in [0.15, 0.2) is 0 Å². The van der Waals surface area contributed by atoms with Gasteiger partial charge in [-0.1, -0.05) is 6.92 Å². The number of amides is 2. The van der Waals surface area contributed by atoms with Crippen molar-refractivity contribution in [2.75, 3.05) is 17.2 Å². The van der Waals surface area contributed by atoms with Gasteiger partial charge in [0.2, 0.25) is 0 Å². The van der Waals surface area contributed by atoms with Crippen LogP contribution in [0.4, 0.5) is 16.3 Å². The Kier molecular flexibility index (Phi) is 4.27. The smallest absolute Gasteiger partial charge is 0.333 e. The van der Waals surface area contributed by atoms with Crippen LogP contribution in [-0.4, -0.2) is 35.8 Å². The Bertz CT molecular complexity index is 1110. The van der Waals surface area contributed by atoms with Gasteiger partial charge in [0, 0.05) is 24.5 Å². The maximum absolute atomic E-state index is 12.8. The van der Waals surface area contributed by atoms with Gasteiger partial charge in [-0.2, -0.15) is 5.10 Å². The molecule has 0 saturated heterocycles. The van der Waals surface area contributed by atoms with Crippen LogP contribution in [0.25, 0.3) is 0 Å². The number of rotatable bonds is 3. The maximum Gasteiger partial charge on any atom is 0.333 e. The third-order valence-electron chi connectivity index (χ3n) is 6.05. The molecular formula is C19H24N6O3S. The number of nitrogens with zero attached hydrogens (tertiary/aromatic N) is 3. The number of aromatic nitrogens is 3. The van der Waals surface area contributed by atoms with E-state index in [2.05, 4.69) is 27.4 Å². The molecule has 0 fully saturated rings. The van der Waals surface area contributed by atoms with Crippen LogP contribution in [0.15, 0.2) is 11.1 Å². The van der Waals surface area contributed by atoms with Gasteiger partial charge in [0.05, 0.1) is 11.9 Å². The lowest BCUT2D eigenvalue weighted by atomic mass is 10.0. The molecule has 154 valence electrons. The summed E-state index contributed by atoms with van der Waals surface area (Å²) < 4.78 is 29.4. The molecule has 1 aliphatic heterocycles. The van der Waals surface area contributed by atoms with Gasteiger partial charge in [-0.15, -0.1) is 0 Å². The van der Waals surface area contributed by atoms with Crippen LogP contribution in [0.2, 0.25) is 0 Å². The van der Waals surface area contributed by atoms with E-state index in [1.54, 1.807) is 4.68 Å². The van der Waals surface area contributed by atoms with E-state index in [9.17, 15) is 13.2 Å². The standard InChI is InChI=1S/C19H24N6O3S/c1-11-6-7-13-16(11)22-14-5-2-4-12(14)17(13)23-19(26)24-29(27,28)15-10-21-25-9-3-8-20-18(15)25/h10-11,20H,2-9H2,1H3,(H2,22,23,24,26). The van der Waals surface area contributed by atoms with Crippen molar-refractivity contribution >= 4 is 27.6 Å². The molecule has 2 aromatic heterocycles. The number of sulfonamides is 1. The zero-order chi connectivity index (χ0) is 20.2. The number of hydrogen-bond acceptors (Lipinski definition) is 6. The highest BCUT2D eigenvalue weighted by atomic mass is 32.2. The largest absolute Gasteiger partial charge is 0.369 e. The van der Waals surface area contributed by atoms with E-state index in [0.717, 1.165) is 66.7 Å². The summed E-state index contributed by atoms with van der Waals surface area (Å²) in [5.74, 6) is 0.782. The quantitative estimate of drug-likeness (QED) is 0.706. The fraction of sp³-hybridized carbons (Fsp3) is 0.526. The lowest BCUT2D eigenvalue weighted by Gasteiger charge is -2.18. The number of fused-ring (bicyclic) bond motifs is 3. The molecule has 3 heterocycles. The topological polar surface area (TPSA) is 118 Å². The Morgan fingerprint density at radius 2 is 2.10 bits per heavy atom. The number of pyridine rings is 1. The molecule has 1 unspecified atom stereocenters. The Morgan fingerprint density at radius 1 is 1.24 bits per heavy atom. The molecule has 3 aliphatic rings. The molecule has 2 aromatic rings. The number of carbonyl (C=O) groups is 1. The minimum absolute atomic E-state index is 0.00819. The van der Waals surface area contributed by atoms with E-state index in [0.29, 0.717) is 24.8 Å². The third kappa shape index (κ3) is 3.06. The third-order valence-corrected chi connectivity index (χ3v) is 7.38. The average Bonchev–Trinajstić information content (AvgIpc) is 3.40. The molecule has 0 spiro atoms. The molecule has 29 heavy (non-hydrogen) atoms. The van der Waals surface area contributed by atoms with Gasteiger partial charge in [0.1, 0.15) is 10.7 Å². The summed E-state index contributed by atoms with van der Waals surface area (Å²) in [5.41, 5.74) is 4.93. The fourth-order valence-electron chi connectivity index (χ4n) is 4.62. The van der Waals surface area contributed by atoms with Crippen LogP contribution in [0.3, 0.4) is 0 Å². The highest BCUT2D eigenvalue weighted by Crippen LogP contribution is 2.41. The van der Waals surface area contributed by atoms with Crippen LogP contribution in [0, 0.1) is 0 Å². The second-order valence-corrected chi connectivity index (χ2v) is 9.64. The second-order valence-electron chi connectivity index (χ2n) is 7.99. The van der Waals surface area contributed by atoms with Crippen molar-refractivity contribution in [3.63, 3.8) is 0 Å². The van der Waals surface area contributed by atoms with E-state index < -0.39 is 16.1 Å². The number of aryl methyl sites for hydroxylation is 2. The molecule has 9 nitrogen and oxygen atoms in total. The van der Waals surface area contributed by atoms with Gasteiger partial charge in [0.25, 0.3) is 10.0 Å². The molecule has 5 rings (SSSR count). The second kappa shape index (κ2) is 6.72. The van der Waals surface area contributed by atoms with Crippen molar-refractivity contribution in [1.82, 2.24) is 19.5 Å². The van der Waals surface area contributed by atoms with E-state index in [1.165, 1.54) is 6.20 Å². The average molecular weight is 417 g/mol. The Labute approximate surface area is 169 Å². The molecule has 0 aromatic carbocycles. The number of nitrogens with one attached hydrogen (secondary N) is 3. The fourth-order valence-corrected chi connectivity index (χ4v) is 5.64. The van der Waals surface area contributed by atoms with Crippen molar-refractivity contribution < 1.29 is 13.2 Å². The minimum atomic E-state index is -4.04. The molecule has 0 radical (unpaired) electrons. The first-order valence-corrected chi connectivity index (χ1v) is 11.6. The summed E-state index contributed by atoms with van der Waals surface area (Å²) in [4.78, 5) is 17.5. The van der Waals surface area contributed by atoms with Crippen molar-refractivity contribution in [2.24, 2.45) is 0 Å². The van der Waals surface area contributed by atoms with Gasteiger partial charge < -0.3 is 10.6 Å². The van der Waals surface area contributed by atoms with Gasteiger partial charge >= 0.3 is 6.03 Å². The maximum atomic E-state index is 12.8. The summed E-state index contributed by atoms with van der Waals surface area (Å²) >= 11 is 0. The Morgan fingerprint density at radius 3 is 2.97 bits per heavy atom. The number of hydrogen-bond donors (Lipinski definition) is 3. The summed E-state index contributed by atoms with van der Waals surface area (Å²) in [5, 5.41) is 10.0. The van der Waals surface area contributed by atoms with E-state index in [-0.39, 0.29) is 4.90 Å². The summed E-state index contributed by atoms with van der Waals surface area (Å²) in [6.45, 7) is 3.47. The first kappa shape index (κ1) is 18.4. The van der Waals surface area contributed by atoms with Gasteiger partial charge in [-0.05, 0) is 55.6 Å². The summed E-state index contributed by atoms with van der Waals surface area (Å²) in [6.07, 6.45) is 6.76. The van der Waals surface area contributed by atoms with Crippen LogP contribution >= 0.6 is 0 Å². The van der Waals surface area contributed by atoms with Crippen molar-refractivity contribution in [1.29, 1.82) is 0 Å². The molecule has 2 aliphatic carbocycles. The van der Waals surface area contributed by atoms with E-state index in [1.807, 2.05) is 0 Å². The van der Waals surface area contributed by atoms with Crippen molar-refractivity contribution in [3.05, 3.63) is 28.7 Å². The molecule has 0 saturated carbocycles. The minimum Gasteiger partial charge on any atom is -0.369 e. The van der Waals surface area contributed by atoms with Gasteiger partial charge in [-0.3, -0.25) is 4.98 Å². The van der Waals surface area contributed by atoms with Crippen LogP contribution in [0.5, 0.6) is 0 Å². The Hall–Kier alpha value is -2.62. The lowest BCUT2D eigenvalue weighted by molar-refractivity contribution is 0.256. The predicted octanol–water partition coefficient (Wildman–Crippen LogP) is 2.14. The molecular weight excluding hydrogens is 392 g/mol. The van der Waals surface area contributed by atoms with Crippen molar-refractivity contribution in [2.45, 2.75) is 62.8 Å². The first-order valence-electron chi connectivity index (χ1n) is 10.1. The van der Waals surface area contributed by atoms with Crippen molar-refractivity contribution in [3.8, 4) is 0 Å². The first-order chi connectivity index (χ1) is 13.9. The summed E-state index contributed by atoms with van der Waals surface area (Å²) in [6, 6.07) is -0.747. The van der Waals surface area contributed by atoms with E-state index in [4.69, 9.17) is 4.98 Å². The molecule has 2 amide bonds. The van der Waals surface area contributed by atoms with Crippen LogP contribution in [0.1, 0.15) is 54.6 Å². The predicted molar refractivity (Wildman–Crippen MR) is 108 cm³/mol. The highest BCUT2D eigenvalue weighted by molar-refractivity contribution is 7.90. The highest BCUT2D eigenvalue weighted by Gasteiger charge is 2.31. The molecule has 3 N–H and O–H groups in total. The van der Waals surface area contributed by atoms with Crippen LogP contribution in [-0.2, 0) is 35.8 Å². The molecule has 1 atom stereocenters. The molecule has 10 heteroatoms. The zero-order valence-corrected chi connectivity index (χ0v) is 17.1. The number of urea groups is 1. The Balaban J connectivity index is 1.42. The zero-order valence-electron chi connectivity index (χ0n) is 16.3. The van der Waals surface area contributed by atoms with Crippen LogP contribution < -0.4 is 15.4 Å². The normalized spacial score (nSPS) is 19.8. The lowest BCUT2D eigenvalue weighted by Crippen LogP contribution is -2.35.